The third-order valence-corrected chi connectivity index (χ3v) is 2.89. The number of anilines is 1. The van der Waals surface area contributed by atoms with Crippen LogP contribution in [0.3, 0.4) is 0 Å². The van der Waals surface area contributed by atoms with Gasteiger partial charge in [0.05, 0.1) is 6.21 Å². The number of ether oxygens (including phenoxy) is 1. The summed E-state index contributed by atoms with van der Waals surface area (Å²) >= 11 is 5.76. The number of nitrogens with two attached hydrogens (primary N) is 1. The Morgan fingerprint density at radius 1 is 1.24 bits per heavy atom. The van der Waals surface area contributed by atoms with E-state index in [0.717, 1.165) is 11.1 Å². The normalized spacial score (nSPS) is 10.5. The average Bonchev–Trinajstić information content (AvgIpc) is 2.49. The van der Waals surface area contributed by atoms with E-state index in [1.165, 1.54) is 6.21 Å². The quantitative estimate of drug-likeness (QED) is 0.517. The first-order chi connectivity index (χ1) is 10.1. The van der Waals surface area contributed by atoms with Gasteiger partial charge in [-0.25, -0.2) is 10.2 Å². The molecule has 2 aromatic carbocycles. The minimum absolute atomic E-state index is 0.145. The van der Waals surface area contributed by atoms with Crippen LogP contribution in [0.5, 0.6) is 0 Å². The number of para-hydroxylation sites is 1. The van der Waals surface area contributed by atoms with Gasteiger partial charge in [0, 0.05) is 16.3 Å². The monoisotopic (exact) mass is 303 g/mol. The molecule has 108 valence electrons. The molecule has 0 aliphatic heterocycles. The fraction of sp³-hybridized carbons (Fsp3) is 0.0667. The second-order valence-electron chi connectivity index (χ2n) is 4.20. The molecule has 0 saturated carbocycles. The molecule has 0 fully saturated rings. The highest BCUT2D eigenvalue weighted by Crippen LogP contribution is 2.10. The molecular formula is C15H14ClN3O2. The Morgan fingerprint density at radius 3 is 2.67 bits per heavy atom. The summed E-state index contributed by atoms with van der Waals surface area (Å²) in [5.74, 6) is 0. The predicted molar refractivity (Wildman–Crippen MR) is 83.2 cm³/mol. The molecular weight excluding hydrogens is 290 g/mol. The van der Waals surface area contributed by atoms with Crippen molar-refractivity contribution in [2.75, 3.05) is 5.73 Å². The third-order valence-electron chi connectivity index (χ3n) is 2.64. The Kier molecular flexibility index (Phi) is 5.17. The zero-order valence-corrected chi connectivity index (χ0v) is 11.9. The van der Waals surface area contributed by atoms with E-state index in [2.05, 4.69) is 10.5 Å². The van der Waals surface area contributed by atoms with Crippen molar-refractivity contribution in [1.29, 1.82) is 0 Å². The number of nitrogen functional groups attached to an aromatic ring is 1. The van der Waals surface area contributed by atoms with Gasteiger partial charge in [-0.1, -0.05) is 41.9 Å². The van der Waals surface area contributed by atoms with Crippen molar-refractivity contribution >= 4 is 29.6 Å². The highest BCUT2D eigenvalue weighted by Gasteiger charge is 2.01. The van der Waals surface area contributed by atoms with Crippen LogP contribution in [0.15, 0.2) is 53.6 Å². The number of halogens is 1. The van der Waals surface area contributed by atoms with Crippen molar-refractivity contribution in [3.63, 3.8) is 0 Å². The van der Waals surface area contributed by atoms with Crippen molar-refractivity contribution in [1.82, 2.24) is 5.43 Å². The lowest BCUT2D eigenvalue weighted by molar-refractivity contribution is 0.140. The number of carbonyl (C=O) groups is 1. The van der Waals surface area contributed by atoms with Crippen molar-refractivity contribution in [2.45, 2.75) is 6.61 Å². The van der Waals surface area contributed by atoms with Crippen molar-refractivity contribution in [3.8, 4) is 0 Å². The van der Waals surface area contributed by atoms with Gasteiger partial charge in [0.15, 0.2) is 0 Å². The number of rotatable bonds is 4. The van der Waals surface area contributed by atoms with Gasteiger partial charge < -0.3 is 10.5 Å². The molecule has 0 aliphatic rings. The molecule has 2 rings (SSSR count). The van der Waals surface area contributed by atoms with E-state index >= 15 is 0 Å². The average molecular weight is 304 g/mol. The first-order valence-corrected chi connectivity index (χ1v) is 6.58. The van der Waals surface area contributed by atoms with E-state index in [1.54, 1.807) is 36.4 Å². The van der Waals surface area contributed by atoms with Crippen LogP contribution in [0.1, 0.15) is 11.1 Å². The second-order valence-corrected chi connectivity index (χ2v) is 4.64. The zero-order chi connectivity index (χ0) is 15.1. The molecule has 0 heterocycles. The molecule has 0 aromatic heterocycles. The van der Waals surface area contributed by atoms with Gasteiger partial charge in [0.1, 0.15) is 6.61 Å². The molecule has 0 saturated heterocycles. The third kappa shape index (κ3) is 4.81. The van der Waals surface area contributed by atoms with Crippen molar-refractivity contribution in [3.05, 3.63) is 64.7 Å². The number of carbonyl (C=O) groups excluding carboxylic acids is 1. The van der Waals surface area contributed by atoms with Gasteiger partial charge in [-0.3, -0.25) is 0 Å². The number of hydrogen-bond donors (Lipinski definition) is 2. The van der Waals surface area contributed by atoms with Crippen LogP contribution >= 0.6 is 11.6 Å². The molecule has 0 aliphatic carbocycles. The first-order valence-electron chi connectivity index (χ1n) is 6.20. The second kappa shape index (κ2) is 7.31. The molecule has 1 amide bonds. The SMILES string of the molecule is Nc1ccccc1C=NNC(=O)OCc1ccc(Cl)cc1. The molecule has 5 nitrogen and oxygen atoms in total. The van der Waals surface area contributed by atoms with Crippen LogP contribution in [0.25, 0.3) is 0 Å². The van der Waals surface area contributed by atoms with Gasteiger partial charge in [-0.2, -0.15) is 5.10 Å². The molecule has 0 bridgehead atoms. The summed E-state index contributed by atoms with van der Waals surface area (Å²) in [6.07, 6.45) is 0.814. The lowest BCUT2D eigenvalue weighted by Crippen LogP contribution is -2.18. The molecule has 21 heavy (non-hydrogen) atoms. The van der Waals surface area contributed by atoms with Crippen LogP contribution in [0.4, 0.5) is 10.5 Å². The summed E-state index contributed by atoms with van der Waals surface area (Å²) in [7, 11) is 0. The van der Waals surface area contributed by atoms with E-state index in [4.69, 9.17) is 22.1 Å². The maximum atomic E-state index is 11.5. The smallest absolute Gasteiger partial charge is 0.428 e. The number of nitrogens with zero attached hydrogens (tertiary/aromatic N) is 1. The van der Waals surface area contributed by atoms with Gasteiger partial charge in [0.2, 0.25) is 0 Å². The van der Waals surface area contributed by atoms with Gasteiger partial charge >= 0.3 is 6.09 Å². The molecule has 0 atom stereocenters. The molecule has 2 aromatic rings. The predicted octanol–water partition coefficient (Wildman–Crippen LogP) is 3.18. The topological polar surface area (TPSA) is 76.7 Å². The van der Waals surface area contributed by atoms with Crippen molar-refractivity contribution in [2.24, 2.45) is 5.10 Å². The highest BCUT2D eigenvalue weighted by atomic mass is 35.5. The van der Waals surface area contributed by atoms with E-state index in [-0.39, 0.29) is 6.61 Å². The minimum atomic E-state index is -0.643. The fourth-order valence-corrected chi connectivity index (χ4v) is 1.67. The van der Waals surface area contributed by atoms with Crippen LogP contribution in [-0.4, -0.2) is 12.3 Å². The van der Waals surface area contributed by atoms with Crippen LogP contribution in [0, 0.1) is 0 Å². The Bertz CT molecular complexity index is 642. The Balaban J connectivity index is 1.80. The van der Waals surface area contributed by atoms with E-state index < -0.39 is 6.09 Å². The molecule has 0 unspecified atom stereocenters. The Hall–Kier alpha value is -2.53. The van der Waals surface area contributed by atoms with Gasteiger partial charge in [-0.05, 0) is 23.8 Å². The Morgan fingerprint density at radius 2 is 1.95 bits per heavy atom. The first kappa shape index (κ1) is 14.9. The maximum absolute atomic E-state index is 11.5. The molecule has 6 heteroatoms. The standard InChI is InChI=1S/C15H14ClN3O2/c16-13-7-5-11(6-8-13)10-21-15(20)19-18-9-12-3-1-2-4-14(12)17/h1-9H,10,17H2,(H,19,20). The summed E-state index contributed by atoms with van der Waals surface area (Å²) in [4.78, 5) is 11.5. The maximum Gasteiger partial charge on any atom is 0.428 e. The summed E-state index contributed by atoms with van der Waals surface area (Å²) < 4.78 is 5.00. The summed E-state index contributed by atoms with van der Waals surface area (Å²) in [6.45, 7) is 0.145. The lowest BCUT2D eigenvalue weighted by atomic mass is 10.2. The van der Waals surface area contributed by atoms with E-state index in [9.17, 15) is 4.79 Å². The minimum Gasteiger partial charge on any atom is -0.443 e. The molecule has 3 N–H and O–H groups in total. The van der Waals surface area contributed by atoms with Crippen LogP contribution in [0.2, 0.25) is 5.02 Å². The van der Waals surface area contributed by atoms with Gasteiger partial charge in [0.25, 0.3) is 0 Å². The van der Waals surface area contributed by atoms with Crippen LogP contribution in [-0.2, 0) is 11.3 Å². The van der Waals surface area contributed by atoms with E-state index in [0.29, 0.717) is 10.7 Å². The number of benzene rings is 2. The zero-order valence-electron chi connectivity index (χ0n) is 11.1. The summed E-state index contributed by atoms with van der Waals surface area (Å²) in [5.41, 5.74) is 10.1. The number of hydrogen-bond acceptors (Lipinski definition) is 4. The number of hydrazone groups is 1. The van der Waals surface area contributed by atoms with Crippen molar-refractivity contribution < 1.29 is 9.53 Å². The molecule has 0 radical (unpaired) electrons. The summed E-state index contributed by atoms with van der Waals surface area (Å²) in [6, 6.07) is 14.2. The number of amides is 1. The molecule has 0 spiro atoms. The largest absolute Gasteiger partial charge is 0.443 e. The fourth-order valence-electron chi connectivity index (χ4n) is 1.54. The van der Waals surface area contributed by atoms with E-state index in [1.807, 2.05) is 12.1 Å². The Labute approximate surface area is 127 Å². The summed E-state index contributed by atoms with van der Waals surface area (Å²) in [5, 5.41) is 4.41. The lowest BCUT2D eigenvalue weighted by Gasteiger charge is -2.04. The van der Waals surface area contributed by atoms with Gasteiger partial charge in [-0.15, -0.1) is 0 Å². The van der Waals surface area contributed by atoms with Crippen LogP contribution < -0.4 is 11.2 Å². The number of nitrogens with one attached hydrogen (secondary N) is 1. The highest BCUT2D eigenvalue weighted by molar-refractivity contribution is 6.30.